The van der Waals surface area contributed by atoms with Crippen LogP contribution in [-0.4, -0.2) is 23.5 Å². The van der Waals surface area contributed by atoms with Crippen molar-refractivity contribution in [1.29, 1.82) is 0 Å². The molecule has 72 valence electrons. The summed E-state index contributed by atoms with van der Waals surface area (Å²) in [6.07, 6.45) is 0. The smallest absolute Gasteiger partial charge is 0.124 e. The Bertz CT molecular complexity index is 270. The molecule has 0 saturated heterocycles. The molecule has 0 radical (unpaired) electrons. The highest BCUT2D eigenvalue weighted by molar-refractivity contribution is 7.99. The number of nitrogens with two attached hydrogens (primary N) is 1. The van der Waals surface area contributed by atoms with E-state index < -0.39 is 0 Å². The van der Waals surface area contributed by atoms with E-state index in [2.05, 4.69) is 0 Å². The molecule has 0 amide bonds. The van der Waals surface area contributed by atoms with Crippen molar-refractivity contribution in [2.24, 2.45) is 5.73 Å². The summed E-state index contributed by atoms with van der Waals surface area (Å²) < 4.78 is 12.7. The second-order valence-corrected chi connectivity index (χ2v) is 3.80. The molecule has 0 spiro atoms. The zero-order valence-electron chi connectivity index (χ0n) is 7.11. The van der Waals surface area contributed by atoms with Crippen LogP contribution in [0.4, 0.5) is 4.39 Å². The number of hydrogen-bond acceptors (Lipinski definition) is 3. The van der Waals surface area contributed by atoms with E-state index in [1.807, 2.05) is 6.07 Å². The molecule has 0 aliphatic carbocycles. The van der Waals surface area contributed by atoms with Crippen LogP contribution >= 0.6 is 11.8 Å². The number of thioether (sulfide) groups is 1. The van der Waals surface area contributed by atoms with E-state index in [1.54, 1.807) is 6.07 Å². The predicted octanol–water partition coefficient (Wildman–Crippen LogP) is 1.24. The maximum atomic E-state index is 12.7. The van der Waals surface area contributed by atoms with Crippen molar-refractivity contribution < 1.29 is 9.50 Å². The summed E-state index contributed by atoms with van der Waals surface area (Å²) in [4.78, 5) is 0.837. The van der Waals surface area contributed by atoms with Crippen LogP contribution in [0.1, 0.15) is 0 Å². The lowest BCUT2D eigenvalue weighted by Crippen LogP contribution is -2.26. The standard InChI is InChI=1S/C9H12FNOS/c10-7-2-1-3-9(4-7)13-6-8(11)5-12/h1-4,8,12H,5-6,11H2. The number of hydrogen-bond donors (Lipinski definition) is 2. The molecule has 2 nitrogen and oxygen atoms in total. The molecule has 1 aromatic rings. The third-order valence-corrected chi connectivity index (χ3v) is 2.68. The second kappa shape index (κ2) is 5.21. The summed E-state index contributed by atoms with van der Waals surface area (Å²) in [7, 11) is 0. The van der Waals surface area contributed by atoms with Gasteiger partial charge in [-0.3, -0.25) is 0 Å². The number of rotatable bonds is 4. The molecule has 0 heterocycles. The highest BCUT2D eigenvalue weighted by Gasteiger charge is 2.01. The second-order valence-electron chi connectivity index (χ2n) is 2.71. The Morgan fingerprint density at radius 1 is 1.54 bits per heavy atom. The fourth-order valence-electron chi connectivity index (χ4n) is 0.813. The molecule has 0 aliphatic rings. The summed E-state index contributed by atoms with van der Waals surface area (Å²) in [6.45, 7) is -0.0394. The highest BCUT2D eigenvalue weighted by Crippen LogP contribution is 2.18. The van der Waals surface area contributed by atoms with Gasteiger partial charge >= 0.3 is 0 Å². The SMILES string of the molecule is NC(CO)CSc1cccc(F)c1. The lowest BCUT2D eigenvalue weighted by atomic mass is 10.3. The molecule has 1 aromatic carbocycles. The van der Waals surface area contributed by atoms with Crippen LogP contribution in [0.5, 0.6) is 0 Å². The first kappa shape index (κ1) is 10.5. The van der Waals surface area contributed by atoms with Gasteiger partial charge in [-0.1, -0.05) is 6.07 Å². The van der Waals surface area contributed by atoms with Gasteiger partial charge in [0.2, 0.25) is 0 Å². The fraction of sp³-hybridized carbons (Fsp3) is 0.333. The van der Waals surface area contributed by atoms with E-state index in [1.165, 1.54) is 23.9 Å². The maximum Gasteiger partial charge on any atom is 0.124 e. The average Bonchev–Trinajstić information content (AvgIpc) is 2.14. The highest BCUT2D eigenvalue weighted by atomic mass is 32.2. The molecule has 0 aliphatic heterocycles. The van der Waals surface area contributed by atoms with Gasteiger partial charge in [0.15, 0.2) is 0 Å². The van der Waals surface area contributed by atoms with Crippen LogP contribution in [0, 0.1) is 5.82 Å². The topological polar surface area (TPSA) is 46.2 Å². The lowest BCUT2D eigenvalue weighted by molar-refractivity contribution is 0.275. The van der Waals surface area contributed by atoms with Crippen molar-refractivity contribution in [1.82, 2.24) is 0 Å². The summed E-state index contributed by atoms with van der Waals surface area (Å²) >= 11 is 1.44. The average molecular weight is 201 g/mol. The summed E-state index contributed by atoms with van der Waals surface area (Å²) in [5.41, 5.74) is 5.49. The molecule has 0 saturated carbocycles. The van der Waals surface area contributed by atoms with Gasteiger partial charge in [0, 0.05) is 16.7 Å². The summed E-state index contributed by atoms with van der Waals surface area (Å²) in [5.74, 6) is 0.350. The molecular weight excluding hydrogens is 189 g/mol. The first-order valence-electron chi connectivity index (χ1n) is 3.97. The Balaban J connectivity index is 2.45. The fourth-order valence-corrected chi connectivity index (χ4v) is 1.70. The Morgan fingerprint density at radius 3 is 2.92 bits per heavy atom. The van der Waals surface area contributed by atoms with Crippen LogP contribution in [-0.2, 0) is 0 Å². The van der Waals surface area contributed by atoms with Crippen LogP contribution in [0.3, 0.4) is 0 Å². The van der Waals surface area contributed by atoms with E-state index in [9.17, 15) is 4.39 Å². The third-order valence-electron chi connectivity index (χ3n) is 1.49. The largest absolute Gasteiger partial charge is 0.395 e. The first-order valence-corrected chi connectivity index (χ1v) is 4.95. The van der Waals surface area contributed by atoms with Crippen molar-refractivity contribution in [3.63, 3.8) is 0 Å². The predicted molar refractivity (Wildman–Crippen MR) is 52.2 cm³/mol. The molecule has 0 fully saturated rings. The number of halogens is 1. The lowest BCUT2D eigenvalue weighted by Gasteiger charge is -2.06. The normalized spacial score (nSPS) is 12.8. The molecule has 1 rings (SSSR count). The Labute approximate surface area is 80.9 Å². The number of benzene rings is 1. The van der Waals surface area contributed by atoms with Crippen molar-refractivity contribution >= 4 is 11.8 Å². The Hall–Kier alpha value is -0.580. The van der Waals surface area contributed by atoms with Gasteiger partial charge in [0.25, 0.3) is 0 Å². The molecule has 13 heavy (non-hydrogen) atoms. The molecule has 0 bridgehead atoms. The minimum absolute atomic E-state index is 0.0394. The molecule has 3 N–H and O–H groups in total. The van der Waals surface area contributed by atoms with Gasteiger partial charge in [-0.25, -0.2) is 4.39 Å². The van der Waals surface area contributed by atoms with Crippen molar-refractivity contribution in [2.75, 3.05) is 12.4 Å². The quantitative estimate of drug-likeness (QED) is 0.720. The summed E-state index contributed by atoms with van der Waals surface area (Å²) in [5, 5.41) is 8.65. The van der Waals surface area contributed by atoms with Crippen molar-refractivity contribution in [3.05, 3.63) is 30.1 Å². The Morgan fingerprint density at radius 2 is 2.31 bits per heavy atom. The van der Waals surface area contributed by atoms with Gasteiger partial charge in [-0.05, 0) is 18.2 Å². The van der Waals surface area contributed by atoms with Crippen LogP contribution in [0.15, 0.2) is 29.2 Å². The molecule has 1 unspecified atom stereocenters. The third kappa shape index (κ3) is 3.76. The number of aliphatic hydroxyl groups excluding tert-OH is 1. The molecule has 1 atom stereocenters. The van der Waals surface area contributed by atoms with E-state index in [0.29, 0.717) is 5.75 Å². The number of aliphatic hydroxyl groups is 1. The van der Waals surface area contributed by atoms with Crippen LogP contribution in [0.2, 0.25) is 0 Å². The monoisotopic (exact) mass is 201 g/mol. The zero-order chi connectivity index (χ0) is 9.68. The molecule has 0 aromatic heterocycles. The van der Waals surface area contributed by atoms with Gasteiger partial charge < -0.3 is 10.8 Å². The zero-order valence-corrected chi connectivity index (χ0v) is 7.93. The maximum absolute atomic E-state index is 12.7. The van der Waals surface area contributed by atoms with Gasteiger partial charge in [-0.15, -0.1) is 11.8 Å². The molecule has 4 heteroatoms. The Kier molecular flexibility index (Phi) is 4.21. The molecular formula is C9H12FNOS. The first-order chi connectivity index (χ1) is 6.22. The van der Waals surface area contributed by atoms with Crippen molar-refractivity contribution in [2.45, 2.75) is 10.9 Å². The van der Waals surface area contributed by atoms with Gasteiger partial charge in [-0.2, -0.15) is 0 Å². The minimum Gasteiger partial charge on any atom is -0.395 e. The van der Waals surface area contributed by atoms with E-state index in [0.717, 1.165) is 4.90 Å². The van der Waals surface area contributed by atoms with E-state index in [-0.39, 0.29) is 18.5 Å². The van der Waals surface area contributed by atoms with Crippen molar-refractivity contribution in [3.8, 4) is 0 Å². The van der Waals surface area contributed by atoms with Crippen LogP contribution in [0.25, 0.3) is 0 Å². The minimum atomic E-state index is -0.248. The van der Waals surface area contributed by atoms with Crippen LogP contribution < -0.4 is 5.73 Å². The van der Waals surface area contributed by atoms with Gasteiger partial charge in [0.05, 0.1) is 6.61 Å². The van der Waals surface area contributed by atoms with E-state index >= 15 is 0 Å². The van der Waals surface area contributed by atoms with Gasteiger partial charge in [0.1, 0.15) is 5.82 Å². The summed E-state index contributed by atoms with van der Waals surface area (Å²) in [6, 6.07) is 6.08. The van der Waals surface area contributed by atoms with E-state index in [4.69, 9.17) is 10.8 Å².